The molecule has 4 aromatic rings. The minimum absolute atomic E-state index is 0.0440. The van der Waals surface area contributed by atoms with Crippen molar-refractivity contribution in [1.82, 2.24) is 35.3 Å². The van der Waals surface area contributed by atoms with Crippen molar-refractivity contribution in [3.8, 4) is 11.3 Å². The molecule has 3 aromatic heterocycles. The molecule has 0 amide bonds. The predicted octanol–water partition coefficient (Wildman–Crippen LogP) is 4.88. The SMILES string of the molecule is C[C@H](N[C@@H]1CC[C@@H]1O)c1nc(C(F)(F)F)cc2c(-c3cccc([C@H](c4nncn4C)C4CCC4)c3)n[nH]c12. The molecule has 3 heterocycles. The Labute approximate surface area is 217 Å². The number of halogens is 3. The first-order chi connectivity index (χ1) is 18.2. The van der Waals surface area contributed by atoms with Gasteiger partial charge >= 0.3 is 6.18 Å². The molecule has 0 radical (unpaired) electrons. The number of rotatable bonds is 7. The van der Waals surface area contributed by atoms with Gasteiger partial charge in [0, 0.05) is 36.0 Å². The summed E-state index contributed by atoms with van der Waals surface area (Å²) in [5.74, 6) is 1.36. The molecule has 200 valence electrons. The van der Waals surface area contributed by atoms with Crippen LogP contribution in [0, 0.1) is 5.92 Å². The zero-order chi connectivity index (χ0) is 26.6. The van der Waals surface area contributed by atoms with Crippen molar-refractivity contribution in [2.75, 3.05) is 0 Å². The highest BCUT2D eigenvalue weighted by atomic mass is 19.4. The third kappa shape index (κ3) is 4.37. The van der Waals surface area contributed by atoms with Crippen molar-refractivity contribution in [1.29, 1.82) is 0 Å². The molecule has 2 aliphatic carbocycles. The van der Waals surface area contributed by atoms with E-state index in [9.17, 15) is 18.3 Å². The summed E-state index contributed by atoms with van der Waals surface area (Å²) in [7, 11) is 1.93. The number of aryl methyl sites for hydroxylation is 1. The van der Waals surface area contributed by atoms with Crippen LogP contribution in [0.15, 0.2) is 36.7 Å². The molecule has 38 heavy (non-hydrogen) atoms. The second-order valence-electron chi connectivity index (χ2n) is 10.6. The first kappa shape index (κ1) is 25.0. The number of nitrogens with zero attached hydrogens (tertiary/aromatic N) is 5. The van der Waals surface area contributed by atoms with Gasteiger partial charge in [-0.1, -0.05) is 24.6 Å². The summed E-state index contributed by atoms with van der Waals surface area (Å²) in [4.78, 5) is 3.99. The Bertz CT molecular complexity index is 1460. The van der Waals surface area contributed by atoms with Crippen LogP contribution in [0.1, 0.15) is 73.8 Å². The highest BCUT2D eigenvalue weighted by Crippen LogP contribution is 2.44. The number of aliphatic hydroxyl groups is 1. The number of fused-ring (bicyclic) bond motifs is 1. The van der Waals surface area contributed by atoms with Gasteiger partial charge in [-0.3, -0.25) is 5.10 Å². The molecule has 0 spiro atoms. The summed E-state index contributed by atoms with van der Waals surface area (Å²) in [5.41, 5.74) is 1.93. The molecular formula is C27H30F3N7O. The van der Waals surface area contributed by atoms with Crippen LogP contribution in [0.4, 0.5) is 13.2 Å². The van der Waals surface area contributed by atoms with E-state index >= 15 is 0 Å². The topological polar surface area (TPSA) is 105 Å². The van der Waals surface area contributed by atoms with E-state index in [1.54, 1.807) is 13.3 Å². The van der Waals surface area contributed by atoms with Crippen LogP contribution < -0.4 is 5.32 Å². The smallest absolute Gasteiger partial charge is 0.392 e. The Balaban J connectivity index is 1.43. The number of benzene rings is 1. The van der Waals surface area contributed by atoms with Crippen molar-refractivity contribution in [3.05, 3.63) is 59.4 Å². The predicted molar refractivity (Wildman–Crippen MR) is 135 cm³/mol. The number of aliphatic hydroxyl groups excluding tert-OH is 1. The van der Waals surface area contributed by atoms with Gasteiger partial charge in [-0.15, -0.1) is 10.2 Å². The molecule has 8 nitrogen and oxygen atoms in total. The lowest BCUT2D eigenvalue weighted by Gasteiger charge is -2.35. The van der Waals surface area contributed by atoms with Crippen LogP contribution in [0.25, 0.3) is 22.2 Å². The van der Waals surface area contributed by atoms with Gasteiger partial charge in [-0.25, -0.2) is 4.98 Å². The molecule has 6 rings (SSSR count). The molecule has 2 fully saturated rings. The zero-order valence-electron chi connectivity index (χ0n) is 21.2. The number of pyridine rings is 1. The zero-order valence-corrected chi connectivity index (χ0v) is 21.2. The van der Waals surface area contributed by atoms with E-state index in [0.717, 1.165) is 42.3 Å². The number of hydrogen-bond acceptors (Lipinski definition) is 6. The van der Waals surface area contributed by atoms with E-state index < -0.39 is 24.0 Å². The maximum atomic E-state index is 13.9. The average molecular weight is 526 g/mol. The van der Waals surface area contributed by atoms with Gasteiger partial charge in [0.25, 0.3) is 0 Å². The van der Waals surface area contributed by atoms with Crippen molar-refractivity contribution in [3.63, 3.8) is 0 Å². The number of nitrogens with one attached hydrogen (secondary N) is 2. The first-order valence-electron chi connectivity index (χ1n) is 13.0. The largest absolute Gasteiger partial charge is 0.433 e. The number of alkyl halides is 3. The van der Waals surface area contributed by atoms with Gasteiger partial charge in [-0.05, 0) is 56.2 Å². The van der Waals surface area contributed by atoms with Crippen LogP contribution >= 0.6 is 0 Å². The van der Waals surface area contributed by atoms with Gasteiger partial charge in [0.05, 0.1) is 17.3 Å². The van der Waals surface area contributed by atoms with Crippen molar-refractivity contribution >= 4 is 10.9 Å². The van der Waals surface area contributed by atoms with Crippen LogP contribution in [0.3, 0.4) is 0 Å². The van der Waals surface area contributed by atoms with Crippen molar-refractivity contribution in [2.24, 2.45) is 13.0 Å². The van der Waals surface area contributed by atoms with E-state index in [0.29, 0.717) is 28.9 Å². The Morgan fingerprint density at radius 1 is 1.16 bits per heavy atom. The third-order valence-electron chi connectivity index (χ3n) is 8.15. The number of H-pyrrole nitrogens is 1. The highest BCUT2D eigenvalue weighted by Gasteiger charge is 2.37. The maximum Gasteiger partial charge on any atom is 0.433 e. The molecule has 2 aliphatic rings. The number of aromatic amines is 1. The minimum atomic E-state index is -4.62. The van der Waals surface area contributed by atoms with E-state index in [4.69, 9.17) is 0 Å². The second-order valence-corrected chi connectivity index (χ2v) is 10.6. The lowest BCUT2D eigenvalue weighted by molar-refractivity contribution is -0.141. The normalized spacial score (nSPS) is 21.7. The molecule has 0 saturated heterocycles. The summed E-state index contributed by atoms with van der Waals surface area (Å²) >= 11 is 0. The third-order valence-corrected chi connectivity index (χ3v) is 8.15. The lowest BCUT2D eigenvalue weighted by atomic mass is 9.72. The van der Waals surface area contributed by atoms with E-state index in [-0.39, 0.29) is 17.7 Å². The van der Waals surface area contributed by atoms with Gasteiger partial charge < -0.3 is 15.0 Å². The molecule has 0 bridgehead atoms. The van der Waals surface area contributed by atoms with Crippen LogP contribution in [0.2, 0.25) is 0 Å². The molecule has 4 atom stereocenters. The van der Waals surface area contributed by atoms with Crippen LogP contribution in [0.5, 0.6) is 0 Å². The van der Waals surface area contributed by atoms with E-state index in [1.807, 2.05) is 35.9 Å². The van der Waals surface area contributed by atoms with Gasteiger partial charge in [-0.2, -0.15) is 18.3 Å². The standard InChI is InChI=1S/C27H30F3N7O/c1-14(32-19-9-10-20(19)38)23-25-18(12-21(33-23)27(28,29)30)24(34-35-25)17-8-4-7-16(11-17)22(15-5-3-6-15)26-36-31-13-37(26)2/h4,7-8,11-15,19-20,22,32,38H,3,5-6,9-10H2,1-2H3,(H,34,35)/t14-,19+,20-,22+/m0/s1. The van der Waals surface area contributed by atoms with E-state index in [2.05, 4.69) is 30.7 Å². The Hall–Kier alpha value is -3.31. The van der Waals surface area contributed by atoms with Crippen molar-refractivity contribution < 1.29 is 18.3 Å². The lowest BCUT2D eigenvalue weighted by Crippen LogP contribution is -2.48. The van der Waals surface area contributed by atoms with Crippen molar-refractivity contribution in [2.45, 2.75) is 69.3 Å². The second kappa shape index (κ2) is 9.46. The fourth-order valence-electron chi connectivity index (χ4n) is 5.65. The van der Waals surface area contributed by atoms with Gasteiger partial charge in [0.15, 0.2) is 0 Å². The van der Waals surface area contributed by atoms with Crippen LogP contribution in [-0.4, -0.2) is 47.2 Å². The summed E-state index contributed by atoms with van der Waals surface area (Å²) in [6.45, 7) is 1.76. The maximum absolute atomic E-state index is 13.9. The number of aromatic nitrogens is 6. The molecule has 11 heteroatoms. The Morgan fingerprint density at radius 2 is 1.97 bits per heavy atom. The summed E-state index contributed by atoms with van der Waals surface area (Å²) in [6.07, 6.45) is 1.38. The average Bonchev–Trinajstić information content (AvgIpc) is 3.48. The molecule has 0 unspecified atom stereocenters. The summed E-state index contributed by atoms with van der Waals surface area (Å²) in [5, 5.41) is 29.5. The van der Waals surface area contributed by atoms with E-state index in [1.165, 1.54) is 6.42 Å². The van der Waals surface area contributed by atoms with Gasteiger partial charge in [0.1, 0.15) is 23.5 Å². The first-order valence-corrected chi connectivity index (χ1v) is 13.0. The molecular weight excluding hydrogens is 495 g/mol. The fourth-order valence-corrected chi connectivity index (χ4v) is 5.65. The number of hydrogen-bond donors (Lipinski definition) is 3. The molecule has 2 saturated carbocycles. The molecule has 1 aromatic carbocycles. The van der Waals surface area contributed by atoms with Gasteiger partial charge in [0.2, 0.25) is 0 Å². The highest BCUT2D eigenvalue weighted by molar-refractivity contribution is 5.94. The fraction of sp³-hybridized carbons (Fsp3) is 0.481. The summed E-state index contributed by atoms with van der Waals surface area (Å²) in [6, 6.07) is 8.22. The quantitative estimate of drug-likeness (QED) is 0.318. The Kier molecular flexibility index (Phi) is 6.22. The van der Waals surface area contributed by atoms with Crippen LogP contribution in [-0.2, 0) is 13.2 Å². The molecule has 0 aliphatic heterocycles. The minimum Gasteiger partial charge on any atom is -0.392 e. The monoisotopic (exact) mass is 525 g/mol. The summed E-state index contributed by atoms with van der Waals surface area (Å²) < 4.78 is 43.7. The molecule has 3 N–H and O–H groups in total. The Morgan fingerprint density at radius 3 is 2.58 bits per heavy atom.